The summed E-state index contributed by atoms with van der Waals surface area (Å²) in [4.78, 5) is 23.9. The van der Waals surface area contributed by atoms with Crippen LogP contribution in [0, 0.1) is 29.3 Å². The van der Waals surface area contributed by atoms with Crippen molar-refractivity contribution >= 4 is 39.2 Å². The first-order chi connectivity index (χ1) is 16.5. The van der Waals surface area contributed by atoms with Gasteiger partial charge < -0.3 is 14.8 Å². The van der Waals surface area contributed by atoms with Crippen molar-refractivity contribution in [3.63, 3.8) is 0 Å². The standard InChI is InChI=1S/C23H19ClF3NO6S/c24-15-4-3-11(21(29)28-14-6-16(25)19(27)17(26)7-14)5-18(15)35(31,32)20-12-1-2-13(20)9-23(8-12)10-33-22(30)34-23/h3-7,12-13,20H,1-2,8-10H2,(H,28,29). The van der Waals surface area contributed by atoms with E-state index in [-0.39, 0.29) is 39.6 Å². The Morgan fingerprint density at radius 2 is 1.69 bits per heavy atom. The van der Waals surface area contributed by atoms with Crippen LogP contribution < -0.4 is 5.32 Å². The number of amides is 1. The maximum atomic E-state index is 13.7. The van der Waals surface area contributed by atoms with E-state index in [0.29, 0.717) is 37.8 Å². The molecule has 3 aliphatic rings. The van der Waals surface area contributed by atoms with E-state index in [9.17, 15) is 31.2 Å². The zero-order valence-corrected chi connectivity index (χ0v) is 19.6. The summed E-state index contributed by atoms with van der Waals surface area (Å²) in [6, 6.07) is 4.87. The first kappa shape index (κ1) is 23.9. The average Bonchev–Trinajstić information content (AvgIpc) is 3.29. The summed E-state index contributed by atoms with van der Waals surface area (Å²) in [5.74, 6) is -6.07. The number of halogens is 4. The highest BCUT2D eigenvalue weighted by Gasteiger charge is 2.58. The van der Waals surface area contributed by atoms with Crippen LogP contribution in [0.25, 0.3) is 0 Å². The Morgan fingerprint density at radius 1 is 1.06 bits per heavy atom. The number of sulfone groups is 1. The van der Waals surface area contributed by atoms with Gasteiger partial charge in [0.1, 0.15) is 6.61 Å². The largest absolute Gasteiger partial charge is 0.509 e. The van der Waals surface area contributed by atoms with Crippen LogP contribution in [-0.2, 0) is 19.3 Å². The number of hydrogen-bond acceptors (Lipinski definition) is 6. The molecule has 2 unspecified atom stereocenters. The molecule has 2 aliphatic carbocycles. The summed E-state index contributed by atoms with van der Waals surface area (Å²) in [6.45, 7) is 0.0899. The third kappa shape index (κ3) is 4.14. The van der Waals surface area contributed by atoms with Crippen LogP contribution in [0.4, 0.5) is 23.7 Å². The van der Waals surface area contributed by atoms with Gasteiger partial charge in [-0.3, -0.25) is 4.79 Å². The van der Waals surface area contributed by atoms with Gasteiger partial charge in [0.25, 0.3) is 5.91 Å². The fraction of sp³-hybridized carbons (Fsp3) is 0.391. The van der Waals surface area contributed by atoms with Crippen LogP contribution in [0.15, 0.2) is 35.2 Å². The van der Waals surface area contributed by atoms with Crippen molar-refractivity contribution in [1.82, 2.24) is 0 Å². The molecule has 2 aromatic rings. The van der Waals surface area contributed by atoms with E-state index in [1.165, 1.54) is 12.1 Å². The number of rotatable bonds is 4. The molecule has 1 spiro atoms. The molecule has 5 rings (SSSR count). The van der Waals surface area contributed by atoms with Crippen molar-refractivity contribution in [3.05, 3.63) is 58.4 Å². The quantitative estimate of drug-likeness (QED) is 0.448. The van der Waals surface area contributed by atoms with Crippen LogP contribution in [-0.4, -0.2) is 37.9 Å². The molecule has 1 saturated heterocycles. The van der Waals surface area contributed by atoms with Crippen LogP contribution in [0.1, 0.15) is 36.0 Å². The van der Waals surface area contributed by atoms with E-state index in [2.05, 4.69) is 5.32 Å². The van der Waals surface area contributed by atoms with Gasteiger partial charge in [0.2, 0.25) is 0 Å². The molecular weight excluding hydrogens is 511 g/mol. The van der Waals surface area contributed by atoms with E-state index in [1.807, 2.05) is 0 Å². The molecule has 1 heterocycles. The van der Waals surface area contributed by atoms with E-state index >= 15 is 0 Å². The molecule has 12 heteroatoms. The summed E-state index contributed by atoms with van der Waals surface area (Å²) in [5.41, 5.74) is -1.27. The summed E-state index contributed by atoms with van der Waals surface area (Å²) in [7, 11) is -4.00. The maximum Gasteiger partial charge on any atom is 0.509 e. The molecule has 1 N–H and O–H groups in total. The number of hydrogen-bond donors (Lipinski definition) is 1. The summed E-state index contributed by atoms with van der Waals surface area (Å²) in [6.07, 6.45) is 1.20. The molecule has 1 amide bonds. The summed E-state index contributed by atoms with van der Waals surface area (Å²) in [5, 5.41) is 1.38. The number of ether oxygens (including phenoxy) is 2. The van der Waals surface area contributed by atoms with Crippen LogP contribution in [0.2, 0.25) is 5.02 Å². The van der Waals surface area contributed by atoms with Gasteiger partial charge in [-0.15, -0.1) is 0 Å². The lowest BCUT2D eigenvalue weighted by Gasteiger charge is -2.39. The fourth-order valence-corrected chi connectivity index (χ4v) is 8.43. The van der Waals surface area contributed by atoms with E-state index in [0.717, 1.165) is 6.07 Å². The minimum absolute atomic E-state index is 0.0734. The highest BCUT2D eigenvalue weighted by atomic mass is 35.5. The number of anilines is 1. The summed E-state index contributed by atoms with van der Waals surface area (Å²) >= 11 is 6.24. The van der Waals surface area contributed by atoms with E-state index in [4.69, 9.17) is 21.1 Å². The normalized spacial score (nSPS) is 27.5. The lowest BCUT2D eigenvalue weighted by Crippen LogP contribution is -2.47. The predicted molar refractivity (Wildman–Crippen MR) is 117 cm³/mol. The minimum Gasteiger partial charge on any atom is -0.430 e. The van der Waals surface area contributed by atoms with Gasteiger partial charge in [-0.1, -0.05) is 11.6 Å². The van der Waals surface area contributed by atoms with Gasteiger partial charge in [-0.05, 0) is 55.7 Å². The predicted octanol–water partition coefficient (Wildman–Crippen LogP) is 4.88. The monoisotopic (exact) mass is 529 g/mol. The van der Waals surface area contributed by atoms with Crippen LogP contribution >= 0.6 is 11.6 Å². The topological polar surface area (TPSA) is 98.8 Å². The molecule has 2 bridgehead atoms. The van der Waals surface area contributed by atoms with Gasteiger partial charge in [0.15, 0.2) is 32.9 Å². The summed E-state index contributed by atoms with van der Waals surface area (Å²) < 4.78 is 77.9. The Hall–Kier alpha value is -2.79. The lowest BCUT2D eigenvalue weighted by molar-refractivity contribution is 0.00401. The molecule has 3 fully saturated rings. The first-order valence-electron chi connectivity index (χ1n) is 10.8. The van der Waals surface area contributed by atoms with Gasteiger partial charge >= 0.3 is 6.16 Å². The van der Waals surface area contributed by atoms with Crippen molar-refractivity contribution in [2.45, 2.75) is 41.4 Å². The number of carbonyl (C=O) groups is 2. The number of benzene rings is 2. The van der Waals surface area contributed by atoms with Crippen molar-refractivity contribution in [1.29, 1.82) is 0 Å². The van der Waals surface area contributed by atoms with Gasteiger partial charge in [-0.25, -0.2) is 26.4 Å². The highest BCUT2D eigenvalue weighted by Crippen LogP contribution is 2.53. The molecule has 0 aromatic heterocycles. The Bertz CT molecular complexity index is 1310. The molecule has 0 radical (unpaired) electrons. The number of carbonyl (C=O) groups excluding carboxylic acids is 2. The third-order valence-electron chi connectivity index (χ3n) is 6.96. The van der Waals surface area contributed by atoms with Crippen molar-refractivity contribution < 1.29 is 40.7 Å². The average molecular weight is 530 g/mol. The van der Waals surface area contributed by atoms with Gasteiger partial charge in [-0.2, -0.15) is 0 Å². The van der Waals surface area contributed by atoms with Crippen LogP contribution in [0.3, 0.4) is 0 Å². The SMILES string of the molecule is O=C1OCC2(CC3CCC(C2)C3S(=O)(=O)c2cc(C(=O)Nc3cc(F)c(F)c(F)c3)ccc2Cl)O1. The smallest absolute Gasteiger partial charge is 0.430 e. The number of nitrogens with one attached hydrogen (secondary N) is 1. The van der Waals surface area contributed by atoms with Crippen molar-refractivity contribution in [2.75, 3.05) is 11.9 Å². The zero-order valence-electron chi connectivity index (χ0n) is 18.0. The molecule has 2 saturated carbocycles. The molecule has 7 nitrogen and oxygen atoms in total. The zero-order chi connectivity index (χ0) is 25.1. The molecule has 2 aromatic carbocycles. The Kier molecular flexibility index (Phi) is 5.75. The second-order valence-corrected chi connectivity index (χ2v) is 11.7. The molecular formula is C23H19ClF3NO6S. The maximum absolute atomic E-state index is 13.7. The lowest BCUT2D eigenvalue weighted by atomic mass is 9.77. The minimum atomic E-state index is -4.00. The second-order valence-electron chi connectivity index (χ2n) is 9.19. The van der Waals surface area contributed by atoms with Crippen LogP contribution in [0.5, 0.6) is 0 Å². The van der Waals surface area contributed by atoms with Crippen molar-refractivity contribution in [3.8, 4) is 0 Å². The van der Waals surface area contributed by atoms with Gasteiger partial charge in [0, 0.05) is 23.4 Å². The first-order valence-corrected chi connectivity index (χ1v) is 12.8. The molecule has 2 atom stereocenters. The van der Waals surface area contributed by atoms with E-state index < -0.39 is 50.2 Å². The molecule has 186 valence electrons. The number of fused-ring (bicyclic) bond motifs is 2. The fourth-order valence-electron chi connectivity index (χ4n) is 5.59. The molecule has 35 heavy (non-hydrogen) atoms. The second kappa shape index (κ2) is 8.41. The number of cyclic esters (lactones) is 1. The third-order valence-corrected chi connectivity index (χ3v) is 9.84. The van der Waals surface area contributed by atoms with Crippen molar-refractivity contribution in [2.24, 2.45) is 11.8 Å². The molecule has 1 aliphatic heterocycles. The van der Waals surface area contributed by atoms with Gasteiger partial charge in [0.05, 0.1) is 15.2 Å². The Labute approximate surface area is 203 Å². The Balaban J connectivity index is 1.41. The van der Waals surface area contributed by atoms with E-state index in [1.54, 1.807) is 0 Å². The highest BCUT2D eigenvalue weighted by molar-refractivity contribution is 7.92. The Morgan fingerprint density at radius 3 is 2.26 bits per heavy atom.